The maximum absolute atomic E-state index is 12.5. The second-order valence-electron chi connectivity index (χ2n) is 5.32. The summed E-state index contributed by atoms with van der Waals surface area (Å²) in [6, 6.07) is 3.31. The van der Waals surface area contributed by atoms with Gasteiger partial charge in [0.15, 0.2) is 9.84 Å². The van der Waals surface area contributed by atoms with Gasteiger partial charge in [0.25, 0.3) is 5.91 Å². The molecule has 2 N–H and O–H groups in total. The number of anilines is 1. The van der Waals surface area contributed by atoms with E-state index in [-0.39, 0.29) is 24.0 Å². The summed E-state index contributed by atoms with van der Waals surface area (Å²) in [5.74, 6) is 0.336. The van der Waals surface area contributed by atoms with E-state index in [0.717, 1.165) is 18.5 Å². The van der Waals surface area contributed by atoms with E-state index in [4.69, 9.17) is 5.73 Å². The van der Waals surface area contributed by atoms with E-state index in [9.17, 15) is 13.2 Å². The summed E-state index contributed by atoms with van der Waals surface area (Å²) in [4.78, 5) is 18.3. The van der Waals surface area contributed by atoms with Crippen molar-refractivity contribution in [2.45, 2.75) is 26.2 Å². The number of amides is 1. The second kappa shape index (κ2) is 6.43. The van der Waals surface area contributed by atoms with Gasteiger partial charge in [0, 0.05) is 24.3 Å². The van der Waals surface area contributed by atoms with E-state index in [1.807, 2.05) is 6.92 Å². The Morgan fingerprint density at radius 1 is 1.33 bits per heavy atom. The van der Waals surface area contributed by atoms with Gasteiger partial charge in [-0.05, 0) is 25.0 Å². The van der Waals surface area contributed by atoms with Gasteiger partial charge in [0.05, 0.1) is 11.5 Å². The first kappa shape index (κ1) is 15.8. The minimum Gasteiger partial charge on any atom is -0.384 e. The number of hydrogen-bond acceptors (Lipinski definition) is 5. The molecule has 0 bridgehead atoms. The molecule has 0 radical (unpaired) electrons. The number of carbonyl (C=O) groups is 1. The van der Waals surface area contributed by atoms with Crippen molar-refractivity contribution < 1.29 is 13.2 Å². The lowest BCUT2D eigenvalue weighted by molar-refractivity contribution is 0.0768. The number of nitrogen functional groups attached to an aromatic ring is 1. The van der Waals surface area contributed by atoms with Gasteiger partial charge in [-0.3, -0.25) is 4.79 Å². The fraction of sp³-hybridized carbons (Fsp3) is 0.571. The van der Waals surface area contributed by atoms with E-state index in [1.165, 1.54) is 0 Å². The maximum Gasteiger partial charge on any atom is 0.254 e. The van der Waals surface area contributed by atoms with Crippen LogP contribution in [0.5, 0.6) is 0 Å². The van der Waals surface area contributed by atoms with Crippen molar-refractivity contribution in [1.29, 1.82) is 0 Å². The third kappa shape index (κ3) is 4.17. The first-order chi connectivity index (χ1) is 9.91. The highest BCUT2D eigenvalue weighted by Crippen LogP contribution is 2.14. The summed E-state index contributed by atoms with van der Waals surface area (Å²) in [7, 11) is -3.02. The van der Waals surface area contributed by atoms with Gasteiger partial charge in [-0.1, -0.05) is 13.3 Å². The Hall–Kier alpha value is -1.63. The van der Waals surface area contributed by atoms with E-state index >= 15 is 0 Å². The Kier molecular flexibility index (Phi) is 4.82. The van der Waals surface area contributed by atoms with E-state index < -0.39 is 9.84 Å². The summed E-state index contributed by atoms with van der Waals surface area (Å²) in [6.07, 6.45) is 2.17. The van der Waals surface area contributed by atoms with Crippen LogP contribution in [0.4, 0.5) is 5.82 Å². The lowest BCUT2D eigenvalue weighted by Gasteiger charge is -2.20. The van der Waals surface area contributed by atoms with Gasteiger partial charge in [0.2, 0.25) is 0 Å². The molecule has 6 nitrogen and oxygen atoms in total. The van der Waals surface area contributed by atoms with Crippen molar-refractivity contribution in [3.8, 4) is 0 Å². The van der Waals surface area contributed by atoms with E-state index in [1.54, 1.807) is 17.0 Å². The molecule has 1 aromatic heterocycles. The fourth-order valence-corrected chi connectivity index (χ4v) is 3.71. The predicted octanol–water partition coefficient (Wildman–Crippen LogP) is 0.877. The molecule has 1 aliphatic rings. The van der Waals surface area contributed by atoms with Crippen LogP contribution in [0.25, 0.3) is 0 Å². The molecule has 1 saturated heterocycles. The fourth-order valence-electron chi connectivity index (χ4n) is 2.44. The number of aryl methyl sites for hydroxylation is 1. The number of aromatic nitrogens is 1. The van der Waals surface area contributed by atoms with Crippen molar-refractivity contribution in [2.75, 3.05) is 30.3 Å². The van der Waals surface area contributed by atoms with Crippen molar-refractivity contribution in [3.63, 3.8) is 0 Å². The molecule has 0 aromatic carbocycles. The van der Waals surface area contributed by atoms with Crippen LogP contribution >= 0.6 is 0 Å². The zero-order chi connectivity index (χ0) is 15.5. The quantitative estimate of drug-likeness (QED) is 0.894. The highest BCUT2D eigenvalue weighted by Gasteiger charge is 2.23. The minimum absolute atomic E-state index is 0.0289. The van der Waals surface area contributed by atoms with Crippen LogP contribution in [0, 0.1) is 0 Å². The molecule has 0 unspecified atom stereocenters. The summed E-state index contributed by atoms with van der Waals surface area (Å²) in [5.41, 5.74) is 7.04. The molecule has 0 saturated carbocycles. The molecule has 2 heterocycles. The first-order valence-electron chi connectivity index (χ1n) is 7.17. The molecule has 0 aliphatic carbocycles. The Morgan fingerprint density at radius 3 is 2.81 bits per heavy atom. The summed E-state index contributed by atoms with van der Waals surface area (Å²) in [6.45, 7) is 2.74. The topological polar surface area (TPSA) is 93.4 Å². The zero-order valence-corrected chi connectivity index (χ0v) is 13.0. The molecular formula is C14H21N3O3S. The van der Waals surface area contributed by atoms with Crippen LogP contribution in [-0.4, -0.2) is 48.8 Å². The van der Waals surface area contributed by atoms with Crippen LogP contribution in [0.15, 0.2) is 12.1 Å². The Labute approximate surface area is 125 Å². The first-order valence-corrected chi connectivity index (χ1v) is 8.99. The maximum atomic E-state index is 12.5. The van der Waals surface area contributed by atoms with Crippen molar-refractivity contribution in [1.82, 2.24) is 9.88 Å². The number of pyridine rings is 1. The standard InChI is InChI=1S/C14H21N3O3S/c1-2-4-12-9-11(10-13(15)16-12)14(18)17-5-3-7-21(19,20)8-6-17/h9-10H,2-8H2,1H3,(H2,15,16). The van der Waals surface area contributed by atoms with Gasteiger partial charge in [-0.2, -0.15) is 0 Å². The number of rotatable bonds is 3. The normalized spacial score (nSPS) is 18.2. The van der Waals surface area contributed by atoms with E-state index in [0.29, 0.717) is 24.3 Å². The predicted molar refractivity (Wildman–Crippen MR) is 81.8 cm³/mol. The second-order valence-corrected chi connectivity index (χ2v) is 7.62. The average Bonchev–Trinajstić information content (AvgIpc) is 2.58. The molecule has 0 atom stereocenters. The van der Waals surface area contributed by atoms with Crippen LogP contribution in [0.3, 0.4) is 0 Å². The third-order valence-corrected chi connectivity index (χ3v) is 5.21. The highest BCUT2D eigenvalue weighted by atomic mass is 32.2. The number of nitrogens with two attached hydrogens (primary N) is 1. The molecule has 1 aliphatic heterocycles. The van der Waals surface area contributed by atoms with Crippen LogP contribution in [0.2, 0.25) is 0 Å². The van der Waals surface area contributed by atoms with E-state index in [2.05, 4.69) is 4.98 Å². The van der Waals surface area contributed by atoms with Crippen LogP contribution in [-0.2, 0) is 16.3 Å². The van der Waals surface area contributed by atoms with Gasteiger partial charge >= 0.3 is 0 Å². The monoisotopic (exact) mass is 311 g/mol. The average molecular weight is 311 g/mol. The smallest absolute Gasteiger partial charge is 0.254 e. The van der Waals surface area contributed by atoms with Crippen molar-refractivity contribution >= 4 is 21.6 Å². The Balaban J connectivity index is 2.19. The van der Waals surface area contributed by atoms with Gasteiger partial charge in [-0.25, -0.2) is 13.4 Å². The summed E-state index contributed by atoms with van der Waals surface area (Å²) >= 11 is 0. The van der Waals surface area contributed by atoms with Crippen LogP contribution < -0.4 is 5.73 Å². The van der Waals surface area contributed by atoms with Crippen molar-refractivity contribution in [3.05, 3.63) is 23.4 Å². The Morgan fingerprint density at radius 2 is 2.10 bits per heavy atom. The molecule has 0 spiro atoms. The molecule has 21 heavy (non-hydrogen) atoms. The highest BCUT2D eigenvalue weighted by molar-refractivity contribution is 7.91. The lowest BCUT2D eigenvalue weighted by atomic mass is 10.1. The zero-order valence-electron chi connectivity index (χ0n) is 12.2. The summed E-state index contributed by atoms with van der Waals surface area (Å²) in [5, 5.41) is 0. The number of nitrogens with zero attached hydrogens (tertiary/aromatic N) is 2. The molecular weight excluding hydrogens is 290 g/mol. The lowest BCUT2D eigenvalue weighted by Crippen LogP contribution is -2.33. The SMILES string of the molecule is CCCc1cc(C(=O)N2CCCS(=O)(=O)CC2)cc(N)n1. The van der Waals surface area contributed by atoms with Gasteiger partial charge in [0.1, 0.15) is 5.82 Å². The number of hydrogen-bond donors (Lipinski definition) is 1. The van der Waals surface area contributed by atoms with Gasteiger partial charge < -0.3 is 10.6 Å². The molecule has 2 rings (SSSR count). The Bertz CT molecular complexity index is 628. The molecule has 7 heteroatoms. The van der Waals surface area contributed by atoms with Crippen LogP contribution in [0.1, 0.15) is 35.8 Å². The van der Waals surface area contributed by atoms with Crippen molar-refractivity contribution in [2.24, 2.45) is 0 Å². The summed E-state index contributed by atoms with van der Waals surface area (Å²) < 4.78 is 23.2. The molecule has 1 aromatic rings. The third-order valence-electron chi connectivity index (χ3n) is 3.49. The number of sulfone groups is 1. The minimum atomic E-state index is -3.02. The van der Waals surface area contributed by atoms with Gasteiger partial charge in [-0.15, -0.1) is 0 Å². The largest absolute Gasteiger partial charge is 0.384 e. The molecule has 1 fully saturated rings. The molecule has 116 valence electrons. The number of carbonyl (C=O) groups excluding carboxylic acids is 1. The molecule has 1 amide bonds.